The molecular weight excluding hydrogens is 256 g/mol. The van der Waals surface area contributed by atoms with E-state index < -0.39 is 0 Å². The first-order valence-corrected chi connectivity index (χ1v) is 6.97. The first-order chi connectivity index (χ1) is 9.67. The average molecular weight is 278 g/mol. The van der Waals surface area contributed by atoms with Gasteiger partial charge in [0, 0.05) is 19.6 Å². The molecule has 0 bridgehead atoms. The Morgan fingerprint density at radius 2 is 2.20 bits per heavy atom. The van der Waals surface area contributed by atoms with Gasteiger partial charge in [-0.1, -0.05) is 12.1 Å². The standard InChI is InChI=1S/C15H22N2O3/c1-20-14-4-2-3-12(9-14)10-16-15(19)11-17-7-5-13(18)6-8-17/h2-4,9,13,18H,5-8,10-11H2,1H3,(H,16,19). The SMILES string of the molecule is COc1cccc(CNC(=O)CN2CCC(O)CC2)c1. The molecule has 1 aliphatic rings. The normalized spacial score (nSPS) is 16.9. The molecule has 1 aromatic carbocycles. The third-order valence-corrected chi connectivity index (χ3v) is 3.55. The number of likely N-dealkylation sites (tertiary alicyclic amines) is 1. The Kier molecular flexibility index (Phi) is 5.38. The third-order valence-electron chi connectivity index (χ3n) is 3.55. The highest BCUT2D eigenvalue weighted by atomic mass is 16.5. The van der Waals surface area contributed by atoms with Crippen LogP contribution >= 0.6 is 0 Å². The summed E-state index contributed by atoms with van der Waals surface area (Å²) < 4.78 is 5.15. The van der Waals surface area contributed by atoms with Crippen molar-refractivity contribution in [2.75, 3.05) is 26.7 Å². The maximum atomic E-state index is 11.9. The molecule has 1 fully saturated rings. The number of aliphatic hydroxyl groups is 1. The number of carbonyl (C=O) groups is 1. The predicted molar refractivity (Wildman–Crippen MR) is 76.5 cm³/mol. The maximum absolute atomic E-state index is 11.9. The Morgan fingerprint density at radius 1 is 1.45 bits per heavy atom. The second kappa shape index (κ2) is 7.26. The fraction of sp³-hybridized carbons (Fsp3) is 0.533. The van der Waals surface area contributed by atoms with E-state index in [0.29, 0.717) is 13.1 Å². The number of carbonyl (C=O) groups excluding carboxylic acids is 1. The van der Waals surface area contributed by atoms with Crippen LogP contribution in [0.5, 0.6) is 5.75 Å². The molecule has 0 aromatic heterocycles. The number of methoxy groups -OCH3 is 1. The van der Waals surface area contributed by atoms with Crippen LogP contribution in [0.2, 0.25) is 0 Å². The Balaban J connectivity index is 1.74. The average Bonchev–Trinajstić information content (AvgIpc) is 2.48. The van der Waals surface area contributed by atoms with Gasteiger partial charge in [0.05, 0.1) is 19.8 Å². The fourth-order valence-corrected chi connectivity index (χ4v) is 2.32. The number of ether oxygens (including phenoxy) is 1. The molecule has 5 heteroatoms. The minimum absolute atomic E-state index is 0.0178. The van der Waals surface area contributed by atoms with Crippen LogP contribution in [0.4, 0.5) is 0 Å². The molecular formula is C15H22N2O3. The van der Waals surface area contributed by atoms with Gasteiger partial charge in [-0.3, -0.25) is 9.69 Å². The van der Waals surface area contributed by atoms with Gasteiger partial charge in [-0.25, -0.2) is 0 Å². The summed E-state index contributed by atoms with van der Waals surface area (Å²) >= 11 is 0. The summed E-state index contributed by atoms with van der Waals surface area (Å²) in [5.74, 6) is 0.811. The van der Waals surface area contributed by atoms with Crippen molar-refractivity contribution in [1.29, 1.82) is 0 Å². The molecule has 20 heavy (non-hydrogen) atoms. The van der Waals surface area contributed by atoms with Gasteiger partial charge in [0.1, 0.15) is 5.75 Å². The largest absolute Gasteiger partial charge is 0.497 e. The topological polar surface area (TPSA) is 61.8 Å². The molecule has 0 atom stereocenters. The van der Waals surface area contributed by atoms with Crippen LogP contribution in [-0.4, -0.2) is 48.8 Å². The molecule has 5 nitrogen and oxygen atoms in total. The lowest BCUT2D eigenvalue weighted by Crippen LogP contribution is -2.42. The number of hydrogen-bond acceptors (Lipinski definition) is 4. The summed E-state index contributed by atoms with van der Waals surface area (Å²) in [5, 5.41) is 12.3. The van der Waals surface area contributed by atoms with E-state index in [2.05, 4.69) is 10.2 Å². The van der Waals surface area contributed by atoms with E-state index in [-0.39, 0.29) is 12.0 Å². The number of aliphatic hydroxyl groups excluding tert-OH is 1. The second-order valence-corrected chi connectivity index (χ2v) is 5.14. The summed E-state index contributed by atoms with van der Waals surface area (Å²) in [7, 11) is 1.63. The zero-order valence-electron chi connectivity index (χ0n) is 11.8. The lowest BCUT2D eigenvalue weighted by atomic mass is 10.1. The molecule has 1 aromatic rings. The van der Waals surface area contributed by atoms with Crippen molar-refractivity contribution in [1.82, 2.24) is 10.2 Å². The number of nitrogens with one attached hydrogen (secondary N) is 1. The number of hydrogen-bond donors (Lipinski definition) is 2. The minimum atomic E-state index is -0.203. The monoisotopic (exact) mass is 278 g/mol. The number of piperidine rings is 1. The van der Waals surface area contributed by atoms with Crippen LogP contribution in [0.15, 0.2) is 24.3 Å². The van der Waals surface area contributed by atoms with Crippen molar-refractivity contribution < 1.29 is 14.6 Å². The van der Waals surface area contributed by atoms with Crippen molar-refractivity contribution in [3.63, 3.8) is 0 Å². The molecule has 0 aliphatic carbocycles. The van der Waals surface area contributed by atoms with E-state index in [0.717, 1.165) is 37.2 Å². The zero-order chi connectivity index (χ0) is 14.4. The second-order valence-electron chi connectivity index (χ2n) is 5.14. The van der Waals surface area contributed by atoms with Crippen LogP contribution < -0.4 is 10.1 Å². The first kappa shape index (κ1) is 14.8. The molecule has 2 rings (SSSR count). The molecule has 1 aliphatic heterocycles. The third kappa shape index (κ3) is 4.51. The van der Waals surface area contributed by atoms with E-state index in [9.17, 15) is 9.90 Å². The van der Waals surface area contributed by atoms with E-state index in [1.807, 2.05) is 24.3 Å². The Morgan fingerprint density at radius 3 is 2.90 bits per heavy atom. The van der Waals surface area contributed by atoms with E-state index in [1.165, 1.54) is 0 Å². The summed E-state index contributed by atoms with van der Waals surface area (Å²) in [5.41, 5.74) is 1.02. The summed E-state index contributed by atoms with van der Waals surface area (Å²) in [6.07, 6.45) is 1.30. The Labute approximate surface area is 119 Å². The maximum Gasteiger partial charge on any atom is 0.234 e. The van der Waals surface area contributed by atoms with Crippen molar-refractivity contribution in [3.8, 4) is 5.75 Å². The van der Waals surface area contributed by atoms with Crippen LogP contribution in [0, 0.1) is 0 Å². The molecule has 0 unspecified atom stereocenters. The van der Waals surface area contributed by atoms with Crippen LogP contribution in [0.3, 0.4) is 0 Å². The van der Waals surface area contributed by atoms with E-state index in [1.54, 1.807) is 7.11 Å². The minimum Gasteiger partial charge on any atom is -0.497 e. The quantitative estimate of drug-likeness (QED) is 0.835. The van der Waals surface area contributed by atoms with Crippen LogP contribution in [0.25, 0.3) is 0 Å². The number of rotatable bonds is 5. The van der Waals surface area contributed by atoms with E-state index in [4.69, 9.17) is 4.74 Å². The number of nitrogens with zero attached hydrogens (tertiary/aromatic N) is 1. The lowest BCUT2D eigenvalue weighted by molar-refractivity contribution is -0.122. The summed E-state index contributed by atoms with van der Waals surface area (Å²) in [4.78, 5) is 14.0. The van der Waals surface area contributed by atoms with Crippen molar-refractivity contribution >= 4 is 5.91 Å². The van der Waals surface area contributed by atoms with Gasteiger partial charge < -0.3 is 15.2 Å². The number of amides is 1. The molecule has 2 N–H and O–H groups in total. The highest BCUT2D eigenvalue weighted by molar-refractivity contribution is 5.78. The molecule has 110 valence electrons. The van der Waals surface area contributed by atoms with Crippen molar-refractivity contribution in [2.45, 2.75) is 25.5 Å². The van der Waals surface area contributed by atoms with Crippen molar-refractivity contribution in [3.05, 3.63) is 29.8 Å². The highest BCUT2D eigenvalue weighted by Crippen LogP contribution is 2.12. The van der Waals surface area contributed by atoms with Gasteiger partial charge in [-0.2, -0.15) is 0 Å². The molecule has 0 radical (unpaired) electrons. The molecule has 0 saturated carbocycles. The lowest BCUT2D eigenvalue weighted by Gasteiger charge is -2.28. The van der Waals surface area contributed by atoms with Crippen LogP contribution in [0.1, 0.15) is 18.4 Å². The molecule has 1 heterocycles. The van der Waals surface area contributed by atoms with Gasteiger partial charge in [0.2, 0.25) is 5.91 Å². The summed E-state index contributed by atoms with van der Waals surface area (Å²) in [6.45, 7) is 2.48. The van der Waals surface area contributed by atoms with Gasteiger partial charge in [0.25, 0.3) is 0 Å². The first-order valence-electron chi connectivity index (χ1n) is 6.97. The fourth-order valence-electron chi connectivity index (χ4n) is 2.32. The van der Waals surface area contributed by atoms with Crippen LogP contribution in [-0.2, 0) is 11.3 Å². The predicted octanol–water partition coefficient (Wildman–Crippen LogP) is 0.768. The molecule has 1 amide bonds. The molecule has 1 saturated heterocycles. The van der Waals surface area contributed by atoms with Gasteiger partial charge in [0.15, 0.2) is 0 Å². The Hall–Kier alpha value is -1.59. The zero-order valence-corrected chi connectivity index (χ0v) is 11.8. The Bertz CT molecular complexity index is 442. The molecule has 0 spiro atoms. The van der Waals surface area contributed by atoms with Gasteiger partial charge in [-0.05, 0) is 30.5 Å². The highest BCUT2D eigenvalue weighted by Gasteiger charge is 2.18. The van der Waals surface area contributed by atoms with Crippen molar-refractivity contribution in [2.24, 2.45) is 0 Å². The van der Waals surface area contributed by atoms with E-state index >= 15 is 0 Å². The smallest absolute Gasteiger partial charge is 0.234 e. The van der Waals surface area contributed by atoms with Gasteiger partial charge in [-0.15, -0.1) is 0 Å². The summed E-state index contributed by atoms with van der Waals surface area (Å²) in [6, 6.07) is 7.66. The number of benzene rings is 1. The van der Waals surface area contributed by atoms with Gasteiger partial charge >= 0.3 is 0 Å².